The van der Waals surface area contributed by atoms with E-state index in [4.69, 9.17) is 30.6 Å². The predicted molar refractivity (Wildman–Crippen MR) is 38.4 cm³/mol. The van der Waals surface area contributed by atoms with E-state index in [0.29, 0.717) is 0 Å². The molecule has 6 heteroatoms. The predicted octanol–water partition coefficient (Wildman–Crippen LogP) is -1.98. The van der Waals surface area contributed by atoms with Crippen LogP contribution in [0.2, 0.25) is 0 Å². The average molecular weight is 180 g/mol. The standard InChI is InChI=1S/C6H12O6/c7-1-3(9)5(11)6(12)4(10)2-8/h1,4-12H,2H2/b3-1-/t4-,5+,6+/m0/s1. The van der Waals surface area contributed by atoms with E-state index in [1.165, 1.54) is 0 Å². The van der Waals surface area contributed by atoms with Crippen molar-refractivity contribution in [3.05, 3.63) is 12.0 Å². The zero-order chi connectivity index (χ0) is 9.72. The summed E-state index contributed by atoms with van der Waals surface area (Å²) >= 11 is 0. The highest BCUT2D eigenvalue weighted by atomic mass is 16.4. The SMILES string of the molecule is O/C=C(\O)[C@@H](O)[C@H](O)[C@@H](O)CO. The van der Waals surface area contributed by atoms with Crippen LogP contribution in [0.4, 0.5) is 0 Å². The van der Waals surface area contributed by atoms with E-state index in [0.717, 1.165) is 0 Å². The van der Waals surface area contributed by atoms with Crippen LogP contribution in [0.5, 0.6) is 0 Å². The third-order valence-corrected chi connectivity index (χ3v) is 1.34. The number of hydrogen-bond donors (Lipinski definition) is 6. The van der Waals surface area contributed by atoms with E-state index in [1.54, 1.807) is 0 Å². The molecule has 0 spiro atoms. The number of hydrogen-bond acceptors (Lipinski definition) is 6. The monoisotopic (exact) mass is 180 g/mol. The van der Waals surface area contributed by atoms with Crippen LogP contribution in [0.3, 0.4) is 0 Å². The first-order valence-electron chi connectivity index (χ1n) is 3.22. The Labute approximate surface area is 68.6 Å². The molecule has 0 rings (SSSR count). The summed E-state index contributed by atoms with van der Waals surface area (Å²) in [6, 6.07) is 0. The van der Waals surface area contributed by atoms with Crippen LogP contribution in [-0.2, 0) is 0 Å². The highest BCUT2D eigenvalue weighted by molar-refractivity contribution is 4.97. The molecule has 0 aliphatic carbocycles. The van der Waals surface area contributed by atoms with Crippen LogP contribution < -0.4 is 0 Å². The summed E-state index contributed by atoms with van der Waals surface area (Å²) in [5, 5.41) is 51.7. The molecule has 0 saturated heterocycles. The molecular formula is C6H12O6. The van der Waals surface area contributed by atoms with Crippen molar-refractivity contribution in [3.8, 4) is 0 Å². The van der Waals surface area contributed by atoms with Crippen molar-refractivity contribution in [2.24, 2.45) is 0 Å². The first-order valence-corrected chi connectivity index (χ1v) is 3.22. The molecule has 0 unspecified atom stereocenters. The Bertz CT molecular complexity index is 156. The molecule has 0 aliphatic rings. The minimum Gasteiger partial charge on any atom is -0.512 e. The maximum absolute atomic E-state index is 8.92. The van der Waals surface area contributed by atoms with Gasteiger partial charge < -0.3 is 30.6 Å². The highest BCUT2D eigenvalue weighted by Crippen LogP contribution is 2.06. The maximum atomic E-state index is 8.92. The van der Waals surface area contributed by atoms with E-state index in [2.05, 4.69) is 0 Å². The van der Waals surface area contributed by atoms with Crippen LogP contribution in [-0.4, -0.2) is 55.6 Å². The molecule has 0 fully saturated rings. The first kappa shape index (κ1) is 11.2. The summed E-state index contributed by atoms with van der Waals surface area (Å²) in [6.07, 6.45) is -4.92. The zero-order valence-electron chi connectivity index (χ0n) is 6.20. The lowest BCUT2D eigenvalue weighted by Gasteiger charge is -2.20. The Kier molecular flexibility index (Phi) is 4.60. The number of aliphatic hydroxyl groups excluding tert-OH is 6. The topological polar surface area (TPSA) is 121 Å². The third-order valence-electron chi connectivity index (χ3n) is 1.34. The van der Waals surface area contributed by atoms with Gasteiger partial charge in [0.15, 0.2) is 5.76 Å². The Hall–Kier alpha value is -0.820. The molecule has 0 radical (unpaired) electrons. The van der Waals surface area contributed by atoms with Crippen molar-refractivity contribution >= 4 is 0 Å². The van der Waals surface area contributed by atoms with Crippen molar-refractivity contribution in [3.63, 3.8) is 0 Å². The van der Waals surface area contributed by atoms with E-state index < -0.39 is 30.7 Å². The van der Waals surface area contributed by atoms with Crippen molar-refractivity contribution in [1.29, 1.82) is 0 Å². The zero-order valence-corrected chi connectivity index (χ0v) is 6.20. The summed E-state index contributed by atoms with van der Waals surface area (Å²) in [7, 11) is 0. The van der Waals surface area contributed by atoms with Gasteiger partial charge in [0.1, 0.15) is 24.6 Å². The minimum atomic E-state index is -1.81. The Morgan fingerprint density at radius 2 is 1.75 bits per heavy atom. The second kappa shape index (κ2) is 4.94. The molecule has 6 nitrogen and oxygen atoms in total. The quantitative estimate of drug-likeness (QED) is 0.279. The van der Waals surface area contributed by atoms with Crippen LogP contribution in [0, 0.1) is 0 Å². The molecule has 0 bridgehead atoms. The Morgan fingerprint density at radius 1 is 1.25 bits per heavy atom. The fourth-order valence-electron chi connectivity index (χ4n) is 0.570. The summed E-state index contributed by atoms with van der Waals surface area (Å²) in [5.74, 6) is -0.880. The fourth-order valence-corrected chi connectivity index (χ4v) is 0.570. The largest absolute Gasteiger partial charge is 0.512 e. The van der Waals surface area contributed by atoms with E-state index in [-0.39, 0.29) is 6.26 Å². The molecule has 72 valence electrons. The van der Waals surface area contributed by atoms with Crippen molar-refractivity contribution < 1.29 is 30.6 Å². The van der Waals surface area contributed by atoms with Crippen molar-refractivity contribution in [2.45, 2.75) is 18.3 Å². The van der Waals surface area contributed by atoms with Gasteiger partial charge in [-0.1, -0.05) is 0 Å². The van der Waals surface area contributed by atoms with Gasteiger partial charge in [-0.15, -0.1) is 0 Å². The summed E-state index contributed by atoms with van der Waals surface area (Å²) < 4.78 is 0. The Morgan fingerprint density at radius 3 is 2.08 bits per heavy atom. The molecule has 12 heavy (non-hydrogen) atoms. The fraction of sp³-hybridized carbons (Fsp3) is 0.667. The Balaban J connectivity index is 4.18. The molecule has 0 amide bonds. The van der Waals surface area contributed by atoms with E-state index in [1.807, 2.05) is 0 Å². The summed E-state index contributed by atoms with van der Waals surface area (Å²) in [5.41, 5.74) is 0. The van der Waals surface area contributed by atoms with Gasteiger partial charge in [-0.2, -0.15) is 0 Å². The summed E-state index contributed by atoms with van der Waals surface area (Å²) in [4.78, 5) is 0. The second-order valence-corrected chi connectivity index (χ2v) is 2.24. The molecule has 0 aromatic heterocycles. The van der Waals surface area contributed by atoms with E-state index in [9.17, 15) is 0 Å². The normalized spacial score (nSPS) is 20.2. The van der Waals surface area contributed by atoms with Crippen molar-refractivity contribution in [2.75, 3.05) is 6.61 Å². The number of rotatable bonds is 4. The highest BCUT2D eigenvalue weighted by Gasteiger charge is 2.26. The summed E-state index contributed by atoms with van der Waals surface area (Å²) in [6.45, 7) is -0.753. The number of aliphatic hydroxyl groups is 6. The molecule has 0 aromatic carbocycles. The smallest absolute Gasteiger partial charge is 0.158 e. The molecule has 3 atom stereocenters. The van der Waals surface area contributed by atoms with Gasteiger partial charge in [-0.05, 0) is 0 Å². The molecule has 0 aliphatic heterocycles. The van der Waals surface area contributed by atoms with Gasteiger partial charge in [-0.3, -0.25) is 0 Å². The maximum Gasteiger partial charge on any atom is 0.158 e. The lowest BCUT2D eigenvalue weighted by molar-refractivity contribution is -0.0750. The molecule has 0 saturated carbocycles. The lowest BCUT2D eigenvalue weighted by Crippen LogP contribution is -2.40. The van der Waals surface area contributed by atoms with Crippen LogP contribution >= 0.6 is 0 Å². The van der Waals surface area contributed by atoms with Gasteiger partial charge in [0.25, 0.3) is 0 Å². The van der Waals surface area contributed by atoms with Gasteiger partial charge in [0, 0.05) is 0 Å². The van der Waals surface area contributed by atoms with E-state index >= 15 is 0 Å². The second-order valence-electron chi connectivity index (χ2n) is 2.24. The molecular weight excluding hydrogens is 168 g/mol. The molecule has 6 N–H and O–H groups in total. The average Bonchev–Trinajstić information content (AvgIpc) is 2.12. The van der Waals surface area contributed by atoms with Gasteiger partial charge in [0.2, 0.25) is 0 Å². The minimum absolute atomic E-state index is 0.192. The van der Waals surface area contributed by atoms with Gasteiger partial charge >= 0.3 is 0 Å². The third kappa shape index (κ3) is 2.67. The van der Waals surface area contributed by atoms with Gasteiger partial charge in [0.05, 0.1) is 6.61 Å². The van der Waals surface area contributed by atoms with Crippen molar-refractivity contribution in [1.82, 2.24) is 0 Å². The van der Waals surface area contributed by atoms with Crippen LogP contribution in [0.1, 0.15) is 0 Å². The molecule has 0 heterocycles. The van der Waals surface area contributed by atoms with Crippen LogP contribution in [0.15, 0.2) is 12.0 Å². The molecule has 0 aromatic rings. The lowest BCUT2D eigenvalue weighted by atomic mass is 10.1. The first-order chi connectivity index (χ1) is 5.54. The van der Waals surface area contributed by atoms with Gasteiger partial charge in [-0.25, -0.2) is 0 Å². The van der Waals surface area contributed by atoms with Crippen LogP contribution in [0.25, 0.3) is 0 Å².